The lowest BCUT2D eigenvalue weighted by atomic mass is 10.0. The summed E-state index contributed by atoms with van der Waals surface area (Å²) >= 11 is 0. The van der Waals surface area contributed by atoms with Crippen LogP contribution in [0, 0.1) is 0 Å². The monoisotopic (exact) mass is 768 g/mol. The molecule has 0 aliphatic carbocycles. The molecular formula is C48H41N4O4P+2. The molecular weight excluding hydrogens is 728 g/mol. The molecule has 0 unspecified atom stereocenters. The Hall–Kier alpha value is -6.57. The van der Waals surface area contributed by atoms with Crippen LogP contribution in [-0.4, -0.2) is 25.9 Å². The van der Waals surface area contributed by atoms with Crippen LogP contribution >= 0.6 is 7.60 Å². The maximum atomic E-state index is 11.3. The van der Waals surface area contributed by atoms with Crippen molar-refractivity contribution >= 4 is 13.9 Å². The van der Waals surface area contributed by atoms with E-state index in [2.05, 4.69) is 125 Å². The maximum Gasteiger partial charge on any atom is 0.329 e. The third-order valence-corrected chi connectivity index (χ3v) is 10.8. The molecule has 2 N–H and O–H groups in total. The normalized spacial score (nSPS) is 11.4. The number of carbonyl (C=O) groups is 1. The molecule has 8 rings (SSSR count). The quantitative estimate of drug-likeness (QED) is 0.0696. The van der Waals surface area contributed by atoms with Crippen LogP contribution in [0.25, 0.3) is 50.5 Å². The summed E-state index contributed by atoms with van der Waals surface area (Å²) in [4.78, 5) is 29.3. The van der Waals surface area contributed by atoms with Crippen LogP contribution in [0.4, 0.5) is 0 Å². The first-order valence-corrected chi connectivity index (χ1v) is 20.6. The third kappa shape index (κ3) is 9.29. The predicted octanol–water partition coefficient (Wildman–Crippen LogP) is 8.63. The zero-order valence-corrected chi connectivity index (χ0v) is 32.1. The SMILES string of the molecule is O=CCc1ccc(C[n+]2ccc(-c3ccc(-c4cc(-c5ccc(-c6cc[n+](Cc7ccc(CP(=O)(O)O)cc7)cc6)cc5)nn4-c4ccccc4)cc3)cc2)cc1. The average Bonchev–Trinajstić information content (AvgIpc) is 3.69. The molecule has 8 nitrogen and oxygen atoms in total. The van der Waals surface area contributed by atoms with Crippen LogP contribution in [0.3, 0.4) is 0 Å². The number of rotatable bonds is 13. The number of hydrogen-bond acceptors (Lipinski definition) is 3. The van der Waals surface area contributed by atoms with E-state index in [1.807, 2.05) is 59.5 Å². The van der Waals surface area contributed by atoms with Crippen molar-refractivity contribution in [3.8, 4) is 50.5 Å². The summed E-state index contributed by atoms with van der Waals surface area (Å²) < 4.78 is 17.6. The summed E-state index contributed by atoms with van der Waals surface area (Å²) in [5.41, 5.74) is 13.3. The first-order chi connectivity index (χ1) is 27.8. The molecule has 0 saturated heterocycles. The van der Waals surface area contributed by atoms with Crippen molar-refractivity contribution in [1.82, 2.24) is 9.78 Å². The Kier molecular flexibility index (Phi) is 10.9. The van der Waals surface area contributed by atoms with Crippen LogP contribution in [-0.2, 0) is 35.0 Å². The number of pyridine rings is 2. The Morgan fingerprint density at radius 3 is 1.46 bits per heavy atom. The van der Waals surface area contributed by atoms with E-state index in [4.69, 9.17) is 5.10 Å². The lowest BCUT2D eigenvalue weighted by Crippen LogP contribution is -2.32. The number of para-hydroxylation sites is 1. The topological polar surface area (TPSA) is 100 Å². The summed E-state index contributed by atoms with van der Waals surface area (Å²) in [5.74, 6) is 0. The van der Waals surface area contributed by atoms with Gasteiger partial charge in [0.05, 0.1) is 23.2 Å². The molecule has 0 spiro atoms. The molecule has 0 amide bonds. The van der Waals surface area contributed by atoms with Gasteiger partial charge in [-0.05, 0) is 51.6 Å². The minimum Gasteiger partial charge on any atom is -0.324 e. The van der Waals surface area contributed by atoms with E-state index in [1.165, 1.54) is 5.56 Å². The van der Waals surface area contributed by atoms with E-state index in [9.17, 15) is 19.1 Å². The predicted molar refractivity (Wildman–Crippen MR) is 222 cm³/mol. The first kappa shape index (κ1) is 37.4. The zero-order chi connectivity index (χ0) is 39.2. The second-order valence-corrected chi connectivity index (χ2v) is 15.8. The number of carbonyl (C=O) groups excluding carboxylic acids is 1. The molecule has 0 aliphatic rings. The van der Waals surface area contributed by atoms with Gasteiger partial charge in [0.25, 0.3) is 0 Å². The highest BCUT2D eigenvalue weighted by Gasteiger charge is 2.16. The standard InChI is InChI=1S/C48H39N4O4P/c53-31-26-36-6-8-37(9-7-36)33-50-29-24-43(25-30-50)41-16-20-45(21-17-41)48-32-47(49-52(48)46-4-2-1-3-5-46)44-18-14-40(15-19-44)42-22-27-51(28-23-42)34-38-10-12-39(13-11-38)35-57(54,55)56/h1-25,27-32H,26,33-35H2/p+2. The van der Waals surface area contributed by atoms with E-state index in [0.29, 0.717) is 18.5 Å². The summed E-state index contributed by atoms with van der Waals surface area (Å²) in [7, 11) is -4.09. The van der Waals surface area contributed by atoms with Crippen molar-refractivity contribution in [3.05, 3.63) is 205 Å². The number of aromatic nitrogens is 4. The molecule has 0 fully saturated rings. The molecule has 9 heteroatoms. The van der Waals surface area contributed by atoms with Crippen molar-refractivity contribution in [2.75, 3.05) is 0 Å². The maximum absolute atomic E-state index is 11.3. The zero-order valence-electron chi connectivity index (χ0n) is 31.2. The summed E-state index contributed by atoms with van der Waals surface area (Å²) in [5, 5.41) is 5.10. The minimum absolute atomic E-state index is 0.252. The molecule has 0 atom stereocenters. The van der Waals surface area contributed by atoms with Gasteiger partial charge in [-0.1, -0.05) is 115 Å². The van der Waals surface area contributed by atoms with Crippen molar-refractivity contribution in [2.24, 2.45) is 0 Å². The summed E-state index contributed by atoms with van der Waals surface area (Å²) in [6.45, 7) is 1.41. The molecule has 280 valence electrons. The highest BCUT2D eigenvalue weighted by Crippen LogP contribution is 2.39. The highest BCUT2D eigenvalue weighted by atomic mass is 31.2. The van der Waals surface area contributed by atoms with Gasteiger partial charge in [0.1, 0.15) is 6.29 Å². The highest BCUT2D eigenvalue weighted by molar-refractivity contribution is 7.50. The molecule has 3 aromatic heterocycles. The van der Waals surface area contributed by atoms with Crippen LogP contribution in [0.2, 0.25) is 0 Å². The van der Waals surface area contributed by atoms with Crippen LogP contribution in [0.5, 0.6) is 0 Å². The molecule has 0 saturated carbocycles. The fourth-order valence-corrected chi connectivity index (χ4v) is 7.64. The number of benzene rings is 5. The van der Waals surface area contributed by atoms with E-state index in [0.717, 1.165) is 74.4 Å². The number of aldehydes is 1. The second-order valence-electron chi connectivity index (χ2n) is 14.2. The van der Waals surface area contributed by atoms with Gasteiger partial charge in [0.2, 0.25) is 0 Å². The van der Waals surface area contributed by atoms with Gasteiger partial charge in [-0.15, -0.1) is 0 Å². The molecule has 8 aromatic rings. The molecule has 0 aliphatic heterocycles. The molecule has 3 heterocycles. The molecule has 0 radical (unpaired) electrons. The summed E-state index contributed by atoms with van der Waals surface area (Å²) in [6, 6.07) is 53.5. The number of nitrogens with zero attached hydrogens (tertiary/aromatic N) is 4. The van der Waals surface area contributed by atoms with Gasteiger partial charge in [-0.25, -0.2) is 13.8 Å². The molecule has 5 aromatic carbocycles. The largest absolute Gasteiger partial charge is 0.329 e. The van der Waals surface area contributed by atoms with E-state index in [1.54, 1.807) is 12.1 Å². The Morgan fingerprint density at radius 2 is 0.965 bits per heavy atom. The lowest BCUT2D eigenvalue weighted by molar-refractivity contribution is -0.688. The Morgan fingerprint density at radius 1 is 0.526 bits per heavy atom. The van der Waals surface area contributed by atoms with Crippen molar-refractivity contribution in [2.45, 2.75) is 25.7 Å². The van der Waals surface area contributed by atoms with Gasteiger partial charge in [0.15, 0.2) is 37.9 Å². The van der Waals surface area contributed by atoms with Crippen LogP contribution in [0.1, 0.15) is 22.3 Å². The van der Waals surface area contributed by atoms with E-state index >= 15 is 0 Å². The average molecular weight is 769 g/mol. The van der Waals surface area contributed by atoms with Gasteiger partial charge >= 0.3 is 7.60 Å². The Labute approximate surface area is 331 Å². The van der Waals surface area contributed by atoms with Gasteiger partial charge in [-0.2, -0.15) is 5.10 Å². The minimum atomic E-state index is -4.09. The Bertz CT molecular complexity index is 2640. The van der Waals surface area contributed by atoms with Gasteiger partial charge in [-0.3, -0.25) is 4.57 Å². The lowest BCUT2D eigenvalue weighted by Gasteiger charge is -2.08. The molecule has 57 heavy (non-hydrogen) atoms. The van der Waals surface area contributed by atoms with Crippen LogP contribution < -0.4 is 9.13 Å². The van der Waals surface area contributed by atoms with Crippen LogP contribution in [0.15, 0.2) is 183 Å². The van der Waals surface area contributed by atoms with E-state index < -0.39 is 7.60 Å². The van der Waals surface area contributed by atoms with E-state index in [-0.39, 0.29) is 6.16 Å². The Balaban J connectivity index is 0.973. The summed E-state index contributed by atoms with van der Waals surface area (Å²) in [6.07, 6.45) is 9.41. The first-order valence-electron chi connectivity index (χ1n) is 18.8. The van der Waals surface area contributed by atoms with Crippen molar-refractivity contribution < 1.29 is 28.3 Å². The fraction of sp³-hybridized carbons (Fsp3) is 0.0833. The van der Waals surface area contributed by atoms with Crippen molar-refractivity contribution in [3.63, 3.8) is 0 Å². The van der Waals surface area contributed by atoms with Crippen molar-refractivity contribution in [1.29, 1.82) is 0 Å². The fourth-order valence-electron chi connectivity index (χ4n) is 6.96. The second kappa shape index (κ2) is 16.7. The smallest absolute Gasteiger partial charge is 0.324 e. The molecule has 0 bridgehead atoms. The van der Waals surface area contributed by atoms with Gasteiger partial charge < -0.3 is 14.6 Å². The number of hydrogen-bond donors (Lipinski definition) is 2. The third-order valence-electron chi connectivity index (χ3n) is 10.0. The van der Waals surface area contributed by atoms with Gasteiger partial charge in [0, 0.05) is 52.9 Å².